The molecular formula is C21H22N2. The van der Waals surface area contributed by atoms with Gasteiger partial charge in [0.05, 0.1) is 0 Å². The van der Waals surface area contributed by atoms with E-state index in [9.17, 15) is 0 Å². The van der Waals surface area contributed by atoms with Gasteiger partial charge in [-0.25, -0.2) is 0 Å². The van der Waals surface area contributed by atoms with Crippen LogP contribution in [0.25, 0.3) is 10.9 Å². The monoisotopic (exact) mass is 302 g/mol. The molecule has 2 aliphatic rings. The SMILES string of the molecule is c1ccc(CN2CC3Cc4cc5ccccc5n4CC3C2)cc1. The number of aromatic nitrogens is 1. The maximum Gasteiger partial charge on any atom is 0.0482 e. The number of likely N-dealkylation sites (tertiary alicyclic amines) is 1. The summed E-state index contributed by atoms with van der Waals surface area (Å²) in [6.07, 6.45) is 1.24. The highest BCUT2D eigenvalue weighted by Crippen LogP contribution is 2.36. The Labute approximate surface area is 137 Å². The van der Waals surface area contributed by atoms with Crippen LogP contribution in [0.2, 0.25) is 0 Å². The average molecular weight is 302 g/mol. The summed E-state index contributed by atoms with van der Waals surface area (Å²) in [5.74, 6) is 1.64. The number of fused-ring (bicyclic) bond motifs is 4. The minimum Gasteiger partial charge on any atom is -0.344 e. The van der Waals surface area contributed by atoms with E-state index < -0.39 is 0 Å². The highest BCUT2D eigenvalue weighted by atomic mass is 15.2. The summed E-state index contributed by atoms with van der Waals surface area (Å²) in [5, 5.41) is 1.41. The molecule has 0 bridgehead atoms. The van der Waals surface area contributed by atoms with Crippen LogP contribution in [0.3, 0.4) is 0 Å². The van der Waals surface area contributed by atoms with Crippen LogP contribution in [-0.4, -0.2) is 22.6 Å². The second-order valence-corrected chi connectivity index (χ2v) is 7.21. The van der Waals surface area contributed by atoms with E-state index >= 15 is 0 Å². The molecule has 116 valence electrons. The molecule has 23 heavy (non-hydrogen) atoms. The van der Waals surface area contributed by atoms with Crippen molar-refractivity contribution in [3.8, 4) is 0 Å². The Balaban J connectivity index is 1.38. The summed E-state index contributed by atoms with van der Waals surface area (Å²) in [5.41, 5.74) is 4.40. The third-order valence-corrected chi connectivity index (χ3v) is 5.69. The van der Waals surface area contributed by atoms with Crippen molar-refractivity contribution < 1.29 is 0 Å². The maximum atomic E-state index is 2.65. The number of hydrogen-bond donors (Lipinski definition) is 0. The Morgan fingerprint density at radius 3 is 2.52 bits per heavy atom. The van der Waals surface area contributed by atoms with Crippen LogP contribution < -0.4 is 0 Å². The van der Waals surface area contributed by atoms with Gasteiger partial charge in [0, 0.05) is 37.4 Å². The fourth-order valence-corrected chi connectivity index (χ4v) is 4.60. The molecule has 2 aliphatic heterocycles. The predicted molar refractivity (Wildman–Crippen MR) is 94.3 cm³/mol. The molecule has 3 heterocycles. The number of rotatable bonds is 2. The smallest absolute Gasteiger partial charge is 0.0482 e. The largest absolute Gasteiger partial charge is 0.344 e. The molecular weight excluding hydrogens is 280 g/mol. The Bertz CT molecular complexity index is 833. The zero-order valence-corrected chi connectivity index (χ0v) is 13.4. The lowest BCUT2D eigenvalue weighted by Gasteiger charge is -2.27. The molecule has 0 saturated carbocycles. The zero-order chi connectivity index (χ0) is 15.2. The van der Waals surface area contributed by atoms with Crippen molar-refractivity contribution in [1.82, 2.24) is 9.47 Å². The predicted octanol–water partition coefficient (Wildman–Crippen LogP) is 3.95. The van der Waals surface area contributed by atoms with Gasteiger partial charge in [-0.2, -0.15) is 0 Å². The fraction of sp³-hybridized carbons (Fsp3) is 0.333. The van der Waals surface area contributed by atoms with Crippen LogP contribution >= 0.6 is 0 Å². The van der Waals surface area contributed by atoms with Crippen LogP contribution in [0.4, 0.5) is 0 Å². The first-order valence-corrected chi connectivity index (χ1v) is 8.70. The second-order valence-electron chi connectivity index (χ2n) is 7.21. The van der Waals surface area contributed by atoms with Gasteiger partial charge in [0.25, 0.3) is 0 Å². The van der Waals surface area contributed by atoms with E-state index in [1.807, 2.05) is 0 Å². The highest BCUT2D eigenvalue weighted by molar-refractivity contribution is 5.81. The lowest BCUT2D eigenvalue weighted by Crippen LogP contribution is -2.27. The van der Waals surface area contributed by atoms with Crippen molar-refractivity contribution in [1.29, 1.82) is 0 Å². The Morgan fingerprint density at radius 1 is 0.826 bits per heavy atom. The van der Waals surface area contributed by atoms with Gasteiger partial charge < -0.3 is 4.57 Å². The molecule has 0 N–H and O–H groups in total. The van der Waals surface area contributed by atoms with Crippen LogP contribution in [0.1, 0.15) is 11.3 Å². The van der Waals surface area contributed by atoms with Crippen LogP contribution in [-0.2, 0) is 19.5 Å². The number of para-hydroxylation sites is 1. The van der Waals surface area contributed by atoms with E-state index in [2.05, 4.69) is 70.1 Å². The number of nitrogens with zero attached hydrogens (tertiary/aromatic N) is 2. The van der Waals surface area contributed by atoms with Gasteiger partial charge in [0.1, 0.15) is 0 Å². The van der Waals surface area contributed by atoms with Crippen molar-refractivity contribution in [2.24, 2.45) is 11.8 Å². The molecule has 0 spiro atoms. The first-order chi connectivity index (χ1) is 11.4. The fourth-order valence-electron chi connectivity index (χ4n) is 4.60. The van der Waals surface area contributed by atoms with Gasteiger partial charge in [-0.3, -0.25) is 4.90 Å². The van der Waals surface area contributed by atoms with E-state index in [1.165, 1.54) is 48.2 Å². The summed E-state index contributed by atoms with van der Waals surface area (Å²) in [7, 11) is 0. The van der Waals surface area contributed by atoms with E-state index in [0.29, 0.717) is 0 Å². The van der Waals surface area contributed by atoms with E-state index in [4.69, 9.17) is 0 Å². The summed E-state index contributed by atoms with van der Waals surface area (Å²) < 4.78 is 2.57. The maximum absolute atomic E-state index is 2.65. The third-order valence-electron chi connectivity index (χ3n) is 5.69. The molecule has 2 unspecified atom stereocenters. The van der Waals surface area contributed by atoms with Gasteiger partial charge in [-0.05, 0) is 41.3 Å². The molecule has 3 aromatic rings. The van der Waals surface area contributed by atoms with Crippen molar-refractivity contribution >= 4 is 10.9 Å². The molecule has 2 nitrogen and oxygen atoms in total. The van der Waals surface area contributed by atoms with Crippen LogP contribution in [0, 0.1) is 11.8 Å². The zero-order valence-electron chi connectivity index (χ0n) is 13.4. The molecule has 0 aliphatic carbocycles. The van der Waals surface area contributed by atoms with Gasteiger partial charge in [-0.1, -0.05) is 48.5 Å². The first-order valence-electron chi connectivity index (χ1n) is 8.70. The van der Waals surface area contributed by atoms with Gasteiger partial charge >= 0.3 is 0 Å². The quantitative estimate of drug-likeness (QED) is 0.696. The van der Waals surface area contributed by atoms with Crippen molar-refractivity contribution in [3.05, 3.63) is 71.9 Å². The molecule has 1 fully saturated rings. The highest BCUT2D eigenvalue weighted by Gasteiger charge is 2.36. The number of hydrogen-bond acceptors (Lipinski definition) is 1. The lowest BCUT2D eigenvalue weighted by molar-refractivity contribution is 0.309. The summed E-state index contributed by atoms with van der Waals surface area (Å²) in [6.45, 7) is 4.79. The van der Waals surface area contributed by atoms with E-state index in [0.717, 1.165) is 18.4 Å². The molecule has 2 heteroatoms. The second kappa shape index (κ2) is 5.24. The average Bonchev–Trinajstić information content (AvgIpc) is 3.13. The summed E-state index contributed by atoms with van der Waals surface area (Å²) in [4.78, 5) is 2.65. The molecule has 2 atom stereocenters. The molecule has 5 rings (SSSR count). The topological polar surface area (TPSA) is 8.17 Å². The molecule has 1 saturated heterocycles. The van der Waals surface area contributed by atoms with Gasteiger partial charge in [0.15, 0.2) is 0 Å². The van der Waals surface area contributed by atoms with Crippen LogP contribution in [0.5, 0.6) is 0 Å². The molecule has 0 radical (unpaired) electrons. The Morgan fingerprint density at radius 2 is 1.61 bits per heavy atom. The van der Waals surface area contributed by atoms with Gasteiger partial charge in [-0.15, -0.1) is 0 Å². The molecule has 0 amide bonds. The van der Waals surface area contributed by atoms with Crippen LogP contribution in [0.15, 0.2) is 60.7 Å². The summed E-state index contributed by atoms with van der Waals surface area (Å²) >= 11 is 0. The first kappa shape index (κ1) is 13.4. The lowest BCUT2D eigenvalue weighted by atomic mass is 9.88. The van der Waals surface area contributed by atoms with E-state index in [-0.39, 0.29) is 0 Å². The van der Waals surface area contributed by atoms with E-state index in [1.54, 1.807) is 0 Å². The summed E-state index contributed by atoms with van der Waals surface area (Å²) in [6, 6.07) is 22.1. The normalized spacial score (nSPS) is 23.8. The third kappa shape index (κ3) is 2.29. The standard InChI is InChI=1S/C21H22N2/c1-2-6-16(7-3-1)12-22-13-18-11-20-10-17-8-4-5-9-21(17)23(20)15-19(18)14-22/h1-10,18-19H,11-15H2. The molecule has 1 aromatic heterocycles. The van der Waals surface area contributed by atoms with Gasteiger partial charge in [0.2, 0.25) is 0 Å². The Hall–Kier alpha value is -2.06. The van der Waals surface area contributed by atoms with Crippen molar-refractivity contribution in [3.63, 3.8) is 0 Å². The molecule has 2 aromatic carbocycles. The Kier molecular flexibility index (Phi) is 3.05. The minimum absolute atomic E-state index is 0.807. The minimum atomic E-state index is 0.807. The van der Waals surface area contributed by atoms with Crippen molar-refractivity contribution in [2.45, 2.75) is 19.5 Å². The van der Waals surface area contributed by atoms with Crippen molar-refractivity contribution in [2.75, 3.05) is 13.1 Å². The number of benzene rings is 2.